The molecule has 0 radical (unpaired) electrons. The van der Waals surface area contributed by atoms with Crippen LogP contribution in [0.1, 0.15) is 6.42 Å². The quantitative estimate of drug-likeness (QED) is 0.464. The molecule has 3 N–H and O–H groups in total. The molecule has 4 heteroatoms. The third-order valence-corrected chi connectivity index (χ3v) is 2.06. The fourth-order valence-electron chi connectivity index (χ4n) is 1.33. The third kappa shape index (κ3) is 3.16. The predicted molar refractivity (Wildman–Crippen MR) is 50.1 cm³/mol. The summed E-state index contributed by atoms with van der Waals surface area (Å²) in [4.78, 5) is 11.4. The van der Waals surface area contributed by atoms with Crippen molar-refractivity contribution in [1.29, 1.82) is 0 Å². The molecule has 0 aromatic rings. The first-order valence-electron chi connectivity index (χ1n) is 4.44. The van der Waals surface area contributed by atoms with Crippen LogP contribution in [0, 0.1) is 5.92 Å². The maximum atomic E-state index is 11.4. The molecule has 0 saturated carbocycles. The maximum absolute atomic E-state index is 11.4. The number of hydrogen-bond donors (Lipinski definition) is 2. The lowest BCUT2D eigenvalue weighted by atomic mass is 10.1. The Morgan fingerprint density at radius 2 is 2.46 bits per heavy atom. The van der Waals surface area contributed by atoms with Gasteiger partial charge < -0.3 is 15.8 Å². The van der Waals surface area contributed by atoms with E-state index in [1.807, 2.05) is 12.2 Å². The highest BCUT2D eigenvalue weighted by molar-refractivity contribution is 5.81. The number of hydrogen-bond acceptors (Lipinski definition) is 3. The number of rotatable bonds is 4. The Balaban J connectivity index is 2.21. The van der Waals surface area contributed by atoms with Crippen molar-refractivity contribution in [2.45, 2.75) is 12.5 Å². The molecule has 4 nitrogen and oxygen atoms in total. The number of methoxy groups -OCH3 is 1. The summed E-state index contributed by atoms with van der Waals surface area (Å²) >= 11 is 0. The minimum Gasteiger partial charge on any atom is -0.383 e. The molecule has 2 atom stereocenters. The van der Waals surface area contributed by atoms with Gasteiger partial charge in [-0.1, -0.05) is 12.2 Å². The first-order valence-corrected chi connectivity index (χ1v) is 4.44. The van der Waals surface area contributed by atoms with Gasteiger partial charge in [-0.25, -0.2) is 0 Å². The molecule has 13 heavy (non-hydrogen) atoms. The number of carbonyl (C=O) groups excluding carboxylic acids is 1. The summed E-state index contributed by atoms with van der Waals surface area (Å²) in [7, 11) is 1.61. The fraction of sp³-hybridized carbons (Fsp3) is 0.667. The van der Waals surface area contributed by atoms with Gasteiger partial charge in [0.1, 0.15) is 0 Å². The number of nitrogens with one attached hydrogen (secondary N) is 1. The van der Waals surface area contributed by atoms with Crippen molar-refractivity contribution in [3.05, 3.63) is 12.2 Å². The van der Waals surface area contributed by atoms with E-state index in [1.165, 1.54) is 0 Å². The van der Waals surface area contributed by atoms with Gasteiger partial charge in [0.25, 0.3) is 0 Å². The summed E-state index contributed by atoms with van der Waals surface area (Å²) in [6.07, 6.45) is 4.46. The second-order valence-electron chi connectivity index (χ2n) is 3.17. The van der Waals surface area contributed by atoms with Gasteiger partial charge in [-0.05, 0) is 6.42 Å². The molecular weight excluding hydrogens is 168 g/mol. The molecule has 0 aliphatic heterocycles. The van der Waals surface area contributed by atoms with E-state index in [9.17, 15) is 4.79 Å². The van der Waals surface area contributed by atoms with Gasteiger partial charge in [-0.2, -0.15) is 0 Å². The van der Waals surface area contributed by atoms with E-state index in [-0.39, 0.29) is 17.9 Å². The normalized spacial score (nSPS) is 26.3. The Hall–Kier alpha value is -0.870. The molecule has 2 unspecified atom stereocenters. The Morgan fingerprint density at radius 1 is 1.69 bits per heavy atom. The Morgan fingerprint density at radius 3 is 3.00 bits per heavy atom. The van der Waals surface area contributed by atoms with Crippen LogP contribution in [-0.4, -0.2) is 32.2 Å². The zero-order valence-electron chi connectivity index (χ0n) is 7.82. The lowest BCUT2D eigenvalue weighted by Gasteiger charge is -2.09. The maximum Gasteiger partial charge on any atom is 0.227 e. The monoisotopic (exact) mass is 184 g/mol. The summed E-state index contributed by atoms with van der Waals surface area (Å²) in [6, 6.07) is 0.0400. The van der Waals surface area contributed by atoms with E-state index in [0.29, 0.717) is 13.2 Å². The van der Waals surface area contributed by atoms with Crippen molar-refractivity contribution in [3.8, 4) is 0 Å². The molecule has 0 bridgehead atoms. The van der Waals surface area contributed by atoms with Crippen LogP contribution in [0.3, 0.4) is 0 Å². The largest absolute Gasteiger partial charge is 0.383 e. The van der Waals surface area contributed by atoms with Crippen molar-refractivity contribution in [2.24, 2.45) is 11.7 Å². The number of nitrogens with two attached hydrogens (primary N) is 1. The lowest BCUT2D eigenvalue weighted by molar-refractivity contribution is -0.123. The van der Waals surface area contributed by atoms with Crippen molar-refractivity contribution in [1.82, 2.24) is 5.32 Å². The van der Waals surface area contributed by atoms with E-state index in [0.717, 1.165) is 6.42 Å². The number of amides is 1. The Labute approximate surface area is 78.1 Å². The van der Waals surface area contributed by atoms with E-state index in [2.05, 4.69) is 5.32 Å². The van der Waals surface area contributed by atoms with Gasteiger partial charge in [-0.15, -0.1) is 0 Å². The van der Waals surface area contributed by atoms with Crippen LogP contribution in [0.2, 0.25) is 0 Å². The zero-order valence-corrected chi connectivity index (χ0v) is 7.82. The van der Waals surface area contributed by atoms with Gasteiger partial charge in [0.2, 0.25) is 5.91 Å². The fourth-order valence-corrected chi connectivity index (χ4v) is 1.33. The summed E-state index contributed by atoms with van der Waals surface area (Å²) in [5.41, 5.74) is 5.63. The topological polar surface area (TPSA) is 64.3 Å². The van der Waals surface area contributed by atoms with Crippen LogP contribution in [-0.2, 0) is 9.53 Å². The standard InChI is InChI=1S/C9H16N2O2/c1-13-5-4-11-9(12)7-2-3-8(10)6-7/h2-3,7-8H,4-6,10H2,1H3,(H,11,12). The molecule has 0 spiro atoms. The van der Waals surface area contributed by atoms with Gasteiger partial charge in [0, 0.05) is 19.7 Å². The average molecular weight is 184 g/mol. The highest BCUT2D eigenvalue weighted by atomic mass is 16.5. The van der Waals surface area contributed by atoms with Gasteiger partial charge >= 0.3 is 0 Å². The summed E-state index contributed by atoms with van der Waals surface area (Å²) < 4.78 is 4.82. The van der Waals surface area contributed by atoms with Crippen LogP contribution in [0.4, 0.5) is 0 Å². The van der Waals surface area contributed by atoms with Gasteiger partial charge in [0.15, 0.2) is 0 Å². The highest BCUT2D eigenvalue weighted by Gasteiger charge is 2.21. The molecular formula is C9H16N2O2. The second-order valence-corrected chi connectivity index (χ2v) is 3.17. The minimum absolute atomic E-state index is 0.0400. The lowest BCUT2D eigenvalue weighted by Crippen LogP contribution is -2.32. The number of ether oxygens (including phenoxy) is 1. The zero-order chi connectivity index (χ0) is 9.68. The molecule has 0 heterocycles. The summed E-state index contributed by atoms with van der Waals surface area (Å²) in [6.45, 7) is 1.11. The highest BCUT2D eigenvalue weighted by Crippen LogP contribution is 2.15. The van der Waals surface area contributed by atoms with Crippen molar-refractivity contribution in [2.75, 3.05) is 20.3 Å². The van der Waals surface area contributed by atoms with Crippen LogP contribution >= 0.6 is 0 Å². The van der Waals surface area contributed by atoms with Crippen molar-refractivity contribution >= 4 is 5.91 Å². The van der Waals surface area contributed by atoms with Crippen LogP contribution < -0.4 is 11.1 Å². The van der Waals surface area contributed by atoms with Gasteiger partial charge in [0.05, 0.1) is 12.5 Å². The Bertz CT molecular complexity index is 204. The smallest absolute Gasteiger partial charge is 0.227 e. The van der Waals surface area contributed by atoms with E-state index in [1.54, 1.807) is 7.11 Å². The minimum atomic E-state index is -0.0492. The van der Waals surface area contributed by atoms with Crippen LogP contribution in [0.25, 0.3) is 0 Å². The predicted octanol–water partition coefficient (Wildman–Crippen LogP) is -0.348. The van der Waals surface area contributed by atoms with E-state index >= 15 is 0 Å². The van der Waals surface area contributed by atoms with Crippen molar-refractivity contribution < 1.29 is 9.53 Å². The van der Waals surface area contributed by atoms with Crippen LogP contribution in [0.5, 0.6) is 0 Å². The SMILES string of the molecule is COCCNC(=O)C1C=CC(N)C1. The van der Waals surface area contributed by atoms with Crippen molar-refractivity contribution in [3.63, 3.8) is 0 Å². The van der Waals surface area contributed by atoms with E-state index in [4.69, 9.17) is 10.5 Å². The summed E-state index contributed by atoms with van der Waals surface area (Å²) in [5.74, 6) is -0.00638. The molecule has 1 amide bonds. The average Bonchev–Trinajstić information content (AvgIpc) is 2.52. The first kappa shape index (κ1) is 10.2. The molecule has 0 saturated heterocycles. The second kappa shape index (κ2) is 4.99. The molecule has 74 valence electrons. The van der Waals surface area contributed by atoms with Gasteiger partial charge in [-0.3, -0.25) is 4.79 Å². The molecule has 1 aliphatic carbocycles. The van der Waals surface area contributed by atoms with E-state index < -0.39 is 0 Å². The third-order valence-electron chi connectivity index (χ3n) is 2.06. The first-order chi connectivity index (χ1) is 6.24. The molecule has 0 fully saturated rings. The molecule has 0 aromatic heterocycles. The number of carbonyl (C=O) groups is 1. The molecule has 1 rings (SSSR count). The summed E-state index contributed by atoms with van der Waals surface area (Å²) in [5, 5.41) is 2.78. The molecule has 1 aliphatic rings. The Kier molecular flexibility index (Phi) is 3.92. The van der Waals surface area contributed by atoms with Crippen LogP contribution in [0.15, 0.2) is 12.2 Å². The molecule has 0 aromatic carbocycles.